The Bertz CT molecular complexity index is 72.4. The van der Waals surface area contributed by atoms with E-state index in [-0.39, 0.29) is 5.97 Å². The van der Waals surface area contributed by atoms with Crippen molar-refractivity contribution in [2.75, 3.05) is 20.8 Å². The minimum absolute atomic E-state index is 0.0463. The first-order valence-corrected chi connectivity index (χ1v) is 2.87. The first-order valence-electron chi connectivity index (χ1n) is 2.87. The van der Waals surface area contributed by atoms with Gasteiger partial charge in [0, 0.05) is 20.6 Å². The molecule has 0 unspecified atom stereocenters. The third kappa shape index (κ3) is 5.30. The van der Waals surface area contributed by atoms with Crippen molar-refractivity contribution in [1.82, 2.24) is 0 Å². The second-order valence-electron chi connectivity index (χ2n) is 1.73. The molecule has 0 aromatic carbocycles. The summed E-state index contributed by atoms with van der Waals surface area (Å²) < 4.78 is 8.76. The lowest BCUT2D eigenvalue weighted by molar-refractivity contribution is -0.137. The van der Waals surface area contributed by atoms with E-state index in [1.54, 1.807) is 14.2 Å². The summed E-state index contributed by atoms with van der Waals surface area (Å²) in [7, 11) is 3.25. The van der Waals surface area contributed by atoms with Crippen LogP contribution < -0.4 is 0 Å². The van der Waals surface area contributed by atoms with Crippen molar-refractivity contribution in [2.45, 2.75) is 12.8 Å². The summed E-state index contributed by atoms with van der Waals surface area (Å²) in [6, 6.07) is 0. The molecule has 1 aliphatic rings. The summed E-state index contributed by atoms with van der Waals surface area (Å²) >= 11 is 0. The van der Waals surface area contributed by atoms with Gasteiger partial charge in [0.2, 0.25) is 0 Å². The summed E-state index contributed by atoms with van der Waals surface area (Å²) in [5.74, 6) is -0.0463. The highest BCUT2D eigenvalue weighted by Crippen LogP contribution is 2.01. The molecule has 1 fully saturated rings. The van der Waals surface area contributed by atoms with Gasteiger partial charge in [-0.2, -0.15) is 0 Å². The lowest BCUT2D eigenvalue weighted by Crippen LogP contribution is -1.88. The standard InChI is InChI=1S/C4H6O2.C2H6O/c5-4-2-1-3-6-4;1-3-2/h1-3H2;1-2H3. The van der Waals surface area contributed by atoms with Crippen LogP contribution in [0.15, 0.2) is 0 Å². The molecule has 1 saturated heterocycles. The molecule has 0 aromatic heterocycles. The minimum atomic E-state index is -0.0463. The van der Waals surface area contributed by atoms with Gasteiger partial charge in [0.15, 0.2) is 0 Å². The van der Waals surface area contributed by atoms with Gasteiger partial charge in [-0.1, -0.05) is 0 Å². The molecule has 0 aromatic rings. The van der Waals surface area contributed by atoms with Crippen LogP contribution >= 0.6 is 0 Å². The van der Waals surface area contributed by atoms with Crippen LogP contribution in [0.25, 0.3) is 0 Å². The summed E-state index contributed by atoms with van der Waals surface area (Å²) in [6.45, 7) is 0.638. The maximum atomic E-state index is 10.0. The number of carbonyl (C=O) groups is 1. The van der Waals surface area contributed by atoms with Gasteiger partial charge in [-0.15, -0.1) is 0 Å². The van der Waals surface area contributed by atoms with E-state index in [9.17, 15) is 4.79 Å². The molecule has 54 valence electrons. The van der Waals surface area contributed by atoms with E-state index in [0.29, 0.717) is 13.0 Å². The van der Waals surface area contributed by atoms with Crippen LogP contribution in [-0.2, 0) is 14.3 Å². The second kappa shape index (κ2) is 5.56. The lowest BCUT2D eigenvalue weighted by Gasteiger charge is -1.81. The van der Waals surface area contributed by atoms with Gasteiger partial charge in [-0.3, -0.25) is 4.79 Å². The molecule has 0 radical (unpaired) electrons. The first kappa shape index (κ1) is 8.43. The zero-order chi connectivity index (χ0) is 7.11. The van der Waals surface area contributed by atoms with Crippen LogP contribution in [0.2, 0.25) is 0 Å². The summed E-state index contributed by atoms with van der Waals surface area (Å²) in [4.78, 5) is 10.0. The molecule has 0 saturated carbocycles. The predicted molar refractivity (Wildman–Crippen MR) is 33.1 cm³/mol. The maximum absolute atomic E-state index is 10.0. The summed E-state index contributed by atoms with van der Waals surface area (Å²) in [5.41, 5.74) is 0. The molecule has 1 heterocycles. The van der Waals surface area contributed by atoms with E-state index >= 15 is 0 Å². The Morgan fingerprint density at radius 3 is 2.22 bits per heavy atom. The molecule has 0 N–H and O–H groups in total. The normalized spacial score (nSPS) is 16.0. The monoisotopic (exact) mass is 132 g/mol. The largest absolute Gasteiger partial charge is 0.466 e. The highest BCUT2D eigenvalue weighted by Gasteiger charge is 2.08. The molecule has 1 aliphatic heterocycles. The molecular formula is C6H12O3. The van der Waals surface area contributed by atoms with E-state index in [4.69, 9.17) is 0 Å². The number of hydrogen-bond donors (Lipinski definition) is 0. The van der Waals surface area contributed by atoms with Gasteiger partial charge in [0.25, 0.3) is 0 Å². The van der Waals surface area contributed by atoms with Crippen molar-refractivity contribution in [1.29, 1.82) is 0 Å². The average molecular weight is 132 g/mol. The third-order valence-electron chi connectivity index (χ3n) is 0.788. The molecule has 0 bridgehead atoms. The van der Waals surface area contributed by atoms with E-state index in [0.717, 1.165) is 6.42 Å². The number of ether oxygens (including phenoxy) is 2. The average Bonchev–Trinajstić information content (AvgIpc) is 2.20. The fourth-order valence-corrected chi connectivity index (χ4v) is 0.475. The van der Waals surface area contributed by atoms with E-state index in [2.05, 4.69) is 9.47 Å². The molecule has 1 rings (SSSR count). The van der Waals surface area contributed by atoms with E-state index in [1.165, 1.54) is 0 Å². The zero-order valence-electron chi connectivity index (χ0n) is 5.85. The summed E-state index contributed by atoms with van der Waals surface area (Å²) in [6.07, 6.45) is 1.54. The molecule has 9 heavy (non-hydrogen) atoms. The van der Waals surface area contributed by atoms with Gasteiger partial charge in [0.05, 0.1) is 6.61 Å². The molecule has 0 spiro atoms. The molecule has 0 aliphatic carbocycles. The van der Waals surface area contributed by atoms with Crippen molar-refractivity contribution in [3.8, 4) is 0 Å². The van der Waals surface area contributed by atoms with Crippen molar-refractivity contribution in [3.05, 3.63) is 0 Å². The highest BCUT2D eigenvalue weighted by molar-refractivity contribution is 5.70. The molecule has 0 amide bonds. The van der Waals surface area contributed by atoms with Crippen LogP contribution in [-0.4, -0.2) is 26.8 Å². The Hall–Kier alpha value is -0.570. The van der Waals surface area contributed by atoms with E-state index in [1.807, 2.05) is 0 Å². The van der Waals surface area contributed by atoms with Crippen molar-refractivity contribution in [3.63, 3.8) is 0 Å². The topological polar surface area (TPSA) is 35.5 Å². The Kier molecular flexibility index (Phi) is 5.21. The minimum Gasteiger partial charge on any atom is -0.466 e. The fourth-order valence-electron chi connectivity index (χ4n) is 0.475. The Labute approximate surface area is 55.0 Å². The van der Waals surface area contributed by atoms with Crippen LogP contribution in [0.4, 0.5) is 0 Å². The number of methoxy groups -OCH3 is 1. The van der Waals surface area contributed by atoms with Gasteiger partial charge in [-0.05, 0) is 6.42 Å². The van der Waals surface area contributed by atoms with Crippen molar-refractivity contribution in [2.24, 2.45) is 0 Å². The number of hydrogen-bond acceptors (Lipinski definition) is 3. The second-order valence-corrected chi connectivity index (χ2v) is 1.73. The lowest BCUT2D eigenvalue weighted by atomic mass is 10.4. The Morgan fingerprint density at radius 2 is 2.11 bits per heavy atom. The molecule has 3 heteroatoms. The molecule has 0 atom stereocenters. The smallest absolute Gasteiger partial charge is 0.305 e. The highest BCUT2D eigenvalue weighted by atomic mass is 16.5. The maximum Gasteiger partial charge on any atom is 0.305 e. The Balaban J connectivity index is 0.000000187. The van der Waals surface area contributed by atoms with Crippen molar-refractivity contribution >= 4 is 5.97 Å². The van der Waals surface area contributed by atoms with Crippen LogP contribution in [0.3, 0.4) is 0 Å². The van der Waals surface area contributed by atoms with Crippen LogP contribution in [0.1, 0.15) is 12.8 Å². The predicted octanol–water partition coefficient (Wildman–Crippen LogP) is 0.586. The zero-order valence-corrected chi connectivity index (χ0v) is 5.85. The van der Waals surface area contributed by atoms with Gasteiger partial charge in [0.1, 0.15) is 0 Å². The number of carbonyl (C=O) groups excluding carboxylic acids is 1. The van der Waals surface area contributed by atoms with Crippen LogP contribution in [0, 0.1) is 0 Å². The SMILES string of the molecule is COC.O=C1CCCO1. The quantitative estimate of drug-likeness (QED) is 0.452. The molecular weight excluding hydrogens is 120 g/mol. The van der Waals surface area contributed by atoms with Crippen LogP contribution in [0.5, 0.6) is 0 Å². The third-order valence-corrected chi connectivity index (χ3v) is 0.788. The molecule has 3 nitrogen and oxygen atoms in total. The first-order chi connectivity index (χ1) is 4.31. The summed E-state index contributed by atoms with van der Waals surface area (Å²) in [5, 5.41) is 0. The van der Waals surface area contributed by atoms with Gasteiger partial charge < -0.3 is 9.47 Å². The van der Waals surface area contributed by atoms with Gasteiger partial charge in [-0.25, -0.2) is 0 Å². The van der Waals surface area contributed by atoms with Crippen molar-refractivity contribution < 1.29 is 14.3 Å². The number of rotatable bonds is 0. The number of cyclic esters (lactones) is 1. The van der Waals surface area contributed by atoms with Gasteiger partial charge >= 0.3 is 5.97 Å². The fraction of sp³-hybridized carbons (Fsp3) is 0.833. The Morgan fingerprint density at radius 1 is 1.56 bits per heavy atom. The number of esters is 1. The van der Waals surface area contributed by atoms with E-state index < -0.39 is 0 Å².